The molecule has 3 heterocycles. The van der Waals surface area contributed by atoms with Crippen LogP contribution in [-0.4, -0.2) is 24.5 Å². The highest BCUT2D eigenvalue weighted by Gasteiger charge is 2.17. The van der Waals surface area contributed by atoms with E-state index in [2.05, 4.69) is 20.5 Å². The van der Waals surface area contributed by atoms with Crippen LogP contribution in [0.3, 0.4) is 0 Å². The molecule has 8 nitrogen and oxygen atoms in total. The van der Waals surface area contributed by atoms with Gasteiger partial charge in [-0.15, -0.1) is 5.10 Å². The lowest BCUT2D eigenvalue weighted by Gasteiger charge is -2.09. The SMILES string of the molecule is Cn1nc(-c2cc(CF)n(-c3ccc(NCc4c(F)cccc4F)cn3)n2)oc1=O. The molecule has 1 aromatic carbocycles. The Kier molecular flexibility index (Phi) is 5.09. The monoisotopic (exact) mass is 416 g/mol. The van der Waals surface area contributed by atoms with E-state index < -0.39 is 24.1 Å². The highest BCUT2D eigenvalue weighted by Crippen LogP contribution is 2.20. The molecule has 0 radical (unpaired) electrons. The van der Waals surface area contributed by atoms with Crippen LogP contribution in [0.5, 0.6) is 0 Å². The fraction of sp³-hybridized carbons (Fsp3) is 0.158. The molecule has 0 saturated carbocycles. The molecule has 4 aromatic rings. The Morgan fingerprint density at radius 1 is 1.13 bits per heavy atom. The van der Waals surface area contributed by atoms with Crippen molar-refractivity contribution >= 4 is 5.69 Å². The smallest absolute Gasteiger partial charge is 0.386 e. The molecular weight excluding hydrogens is 401 g/mol. The zero-order chi connectivity index (χ0) is 21.3. The lowest BCUT2D eigenvalue weighted by Crippen LogP contribution is -2.09. The van der Waals surface area contributed by atoms with Gasteiger partial charge in [0.15, 0.2) is 11.5 Å². The van der Waals surface area contributed by atoms with Crippen molar-refractivity contribution in [1.29, 1.82) is 0 Å². The molecule has 154 valence electrons. The molecule has 3 aromatic heterocycles. The Bertz CT molecular complexity index is 1230. The zero-order valence-corrected chi connectivity index (χ0v) is 15.6. The minimum Gasteiger partial charge on any atom is -0.386 e. The number of aryl methyl sites for hydroxylation is 1. The lowest BCUT2D eigenvalue weighted by atomic mass is 10.2. The van der Waals surface area contributed by atoms with Crippen LogP contribution in [0.25, 0.3) is 17.4 Å². The fourth-order valence-corrected chi connectivity index (χ4v) is 2.78. The standard InChI is InChI=1S/C19H15F3N6O2/c1-27-19(29)30-18(26-27)16-7-12(8-20)28(25-16)17-6-5-11(9-24-17)23-10-13-14(21)3-2-4-15(13)22/h2-7,9,23H,8,10H2,1H3. The van der Waals surface area contributed by atoms with Crippen LogP contribution in [0.2, 0.25) is 0 Å². The van der Waals surface area contributed by atoms with Gasteiger partial charge in [0.25, 0.3) is 5.89 Å². The first-order valence-electron chi connectivity index (χ1n) is 8.79. The molecule has 11 heteroatoms. The van der Waals surface area contributed by atoms with Crippen molar-refractivity contribution in [3.63, 3.8) is 0 Å². The minimum atomic E-state index is -0.835. The number of hydrogen-bond acceptors (Lipinski definition) is 6. The molecule has 0 aliphatic rings. The molecule has 0 aliphatic carbocycles. The maximum absolute atomic E-state index is 13.7. The number of alkyl halides is 1. The second-order valence-corrected chi connectivity index (χ2v) is 6.32. The maximum Gasteiger partial charge on any atom is 0.437 e. The van der Waals surface area contributed by atoms with Crippen molar-refractivity contribution in [2.45, 2.75) is 13.2 Å². The van der Waals surface area contributed by atoms with E-state index >= 15 is 0 Å². The average Bonchev–Trinajstić information content (AvgIpc) is 3.31. The Morgan fingerprint density at radius 2 is 1.90 bits per heavy atom. The molecule has 4 rings (SSSR count). The summed E-state index contributed by atoms with van der Waals surface area (Å²) in [5.41, 5.74) is 0.778. The Labute approximate surface area is 167 Å². The van der Waals surface area contributed by atoms with E-state index in [0.717, 1.165) is 4.68 Å². The predicted molar refractivity (Wildman–Crippen MR) is 101 cm³/mol. The van der Waals surface area contributed by atoms with Crippen molar-refractivity contribution in [3.8, 4) is 17.4 Å². The molecule has 0 aliphatic heterocycles. The summed E-state index contributed by atoms with van der Waals surface area (Å²) in [5.74, 6) is -1.70. The van der Waals surface area contributed by atoms with Crippen molar-refractivity contribution in [2.24, 2.45) is 7.05 Å². The van der Waals surface area contributed by atoms with Crippen LogP contribution in [0.4, 0.5) is 18.9 Å². The van der Waals surface area contributed by atoms with Crippen molar-refractivity contribution in [1.82, 2.24) is 24.5 Å². The number of pyridine rings is 1. The van der Waals surface area contributed by atoms with Crippen LogP contribution >= 0.6 is 0 Å². The molecule has 0 atom stereocenters. The molecule has 1 N–H and O–H groups in total. The minimum absolute atomic E-state index is 0.0406. The van der Waals surface area contributed by atoms with Gasteiger partial charge in [0, 0.05) is 19.2 Å². The van der Waals surface area contributed by atoms with E-state index in [4.69, 9.17) is 4.42 Å². The number of halogens is 3. The van der Waals surface area contributed by atoms with E-state index in [1.54, 1.807) is 12.1 Å². The van der Waals surface area contributed by atoms with Crippen molar-refractivity contribution < 1.29 is 17.6 Å². The third kappa shape index (κ3) is 3.69. The molecule has 0 spiro atoms. The number of benzene rings is 1. The number of rotatable bonds is 6. The van der Waals surface area contributed by atoms with E-state index in [1.165, 1.54) is 42.2 Å². The first kappa shape index (κ1) is 19.4. The summed E-state index contributed by atoms with van der Waals surface area (Å²) in [7, 11) is 1.42. The Hall–Kier alpha value is -3.89. The van der Waals surface area contributed by atoms with Gasteiger partial charge in [0.1, 0.15) is 18.3 Å². The van der Waals surface area contributed by atoms with Gasteiger partial charge in [-0.05, 0) is 30.3 Å². The van der Waals surface area contributed by atoms with Gasteiger partial charge < -0.3 is 9.73 Å². The molecular formula is C19H15F3N6O2. The highest BCUT2D eigenvalue weighted by atomic mass is 19.1. The van der Waals surface area contributed by atoms with Gasteiger partial charge in [-0.25, -0.2) is 27.6 Å². The second-order valence-electron chi connectivity index (χ2n) is 6.32. The summed E-state index contributed by atoms with van der Waals surface area (Å²) < 4.78 is 48.1. The van der Waals surface area contributed by atoms with Gasteiger partial charge in [-0.3, -0.25) is 0 Å². The molecule has 0 amide bonds. The molecule has 30 heavy (non-hydrogen) atoms. The first-order chi connectivity index (χ1) is 14.5. The average molecular weight is 416 g/mol. The third-order valence-corrected chi connectivity index (χ3v) is 4.32. The van der Waals surface area contributed by atoms with Crippen LogP contribution in [-0.2, 0) is 20.3 Å². The number of aromatic nitrogens is 5. The topological polar surface area (TPSA) is 90.8 Å². The van der Waals surface area contributed by atoms with E-state index in [1.807, 2.05) is 0 Å². The largest absolute Gasteiger partial charge is 0.437 e. The van der Waals surface area contributed by atoms with Crippen LogP contribution in [0.1, 0.15) is 11.3 Å². The normalized spacial score (nSPS) is 11.1. The van der Waals surface area contributed by atoms with Crippen molar-refractivity contribution in [2.75, 3.05) is 5.32 Å². The quantitative estimate of drug-likeness (QED) is 0.520. The van der Waals surface area contributed by atoms with Gasteiger partial charge in [-0.1, -0.05) is 6.07 Å². The summed E-state index contributed by atoms with van der Waals surface area (Å²) in [6.45, 7) is -0.905. The lowest BCUT2D eigenvalue weighted by molar-refractivity contribution is 0.465. The summed E-state index contributed by atoms with van der Waals surface area (Å²) in [4.78, 5) is 15.7. The van der Waals surface area contributed by atoms with Crippen LogP contribution in [0.15, 0.2) is 51.8 Å². The van der Waals surface area contributed by atoms with Gasteiger partial charge in [-0.2, -0.15) is 9.78 Å². The summed E-state index contributed by atoms with van der Waals surface area (Å²) >= 11 is 0. The predicted octanol–water partition coefficient (Wildman–Crippen LogP) is 2.98. The van der Waals surface area contributed by atoms with Crippen LogP contribution < -0.4 is 11.1 Å². The maximum atomic E-state index is 13.7. The number of hydrogen-bond donors (Lipinski definition) is 1. The van der Waals surface area contributed by atoms with E-state index in [-0.39, 0.29) is 29.4 Å². The molecule has 0 fully saturated rings. The van der Waals surface area contributed by atoms with Gasteiger partial charge in [0.2, 0.25) is 0 Å². The number of anilines is 1. The first-order valence-corrected chi connectivity index (χ1v) is 8.79. The summed E-state index contributed by atoms with van der Waals surface area (Å²) in [5, 5.41) is 11.0. The van der Waals surface area contributed by atoms with Gasteiger partial charge in [0.05, 0.1) is 17.6 Å². The molecule has 0 bridgehead atoms. The van der Waals surface area contributed by atoms with E-state index in [0.29, 0.717) is 11.5 Å². The Morgan fingerprint density at radius 3 is 2.50 bits per heavy atom. The highest BCUT2D eigenvalue weighted by molar-refractivity contribution is 5.49. The molecule has 0 saturated heterocycles. The number of nitrogens with zero attached hydrogens (tertiary/aromatic N) is 5. The Balaban J connectivity index is 1.56. The second kappa shape index (κ2) is 7.85. The van der Waals surface area contributed by atoms with E-state index in [9.17, 15) is 18.0 Å². The number of nitrogens with one attached hydrogen (secondary N) is 1. The molecule has 0 unspecified atom stereocenters. The zero-order valence-electron chi connectivity index (χ0n) is 15.6. The fourth-order valence-electron chi connectivity index (χ4n) is 2.78. The third-order valence-electron chi connectivity index (χ3n) is 4.32. The summed E-state index contributed by atoms with van der Waals surface area (Å²) in [6, 6.07) is 8.23. The van der Waals surface area contributed by atoms with Gasteiger partial charge >= 0.3 is 5.76 Å². The summed E-state index contributed by atoms with van der Waals surface area (Å²) in [6.07, 6.45) is 1.43. The van der Waals surface area contributed by atoms with Crippen molar-refractivity contribution in [3.05, 3.63) is 76.0 Å². The van der Waals surface area contributed by atoms with Crippen LogP contribution in [0, 0.1) is 11.6 Å².